The molecule has 0 fully saturated rings. The molecule has 0 spiro atoms. The third-order valence-electron chi connectivity index (χ3n) is 3.54. The highest BCUT2D eigenvalue weighted by Crippen LogP contribution is 2.30. The molecule has 0 bridgehead atoms. The van der Waals surface area contributed by atoms with E-state index < -0.39 is 0 Å². The van der Waals surface area contributed by atoms with Crippen LogP contribution in [0.5, 0.6) is 5.75 Å². The lowest BCUT2D eigenvalue weighted by atomic mass is 10.0. The molecule has 0 unspecified atom stereocenters. The van der Waals surface area contributed by atoms with E-state index in [9.17, 15) is 0 Å². The fraction of sp³-hybridized carbons (Fsp3) is 0.176. The molecule has 3 rings (SSSR count). The molecule has 0 aliphatic heterocycles. The second-order valence-corrected chi connectivity index (χ2v) is 4.95. The molecule has 0 saturated heterocycles. The van der Waals surface area contributed by atoms with Crippen molar-refractivity contribution in [3.8, 4) is 5.75 Å². The molecule has 0 aliphatic carbocycles. The zero-order chi connectivity index (χ0) is 13.4. The van der Waals surface area contributed by atoms with E-state index in [1.807, 2.05) is 6.07 Å². The summed E-state index contributed by atoms with van der Waals surface area (Å²) in [5.41, 5.74) is 1.22. The predicted molar refractivity (Wildman–Crippen MR) is 82.3 cm³/mol. The van der Waals surface area contributed by atoms with E-state index >= 15 is 0 Å². The van der Waals surface area contributed by atoms with Crippen LogP contribution in [0.2, 0.25) is 0 Å². The van der Waals surface area contributed by atoms with Gasteiger partial charge in [0.05, 0.1) is 7.11 Å². The molecular formula is C17H17NO. The van der Waals surface area contributed by atoms with Gasteiger partial charge in [-0.2, -0.15) is 0 Å². The monoisotopic (exact) mass is 251 g/mol. The number of rotatable bonds is 2. The first-order chi connectivity index (χ1) is 9.19. The molecule has 0 saturated carbocycles. The van der Waals surface area contributed by atoms with Gasteiger partial charge in [0.25, 0.3) is 0 Å². The molecule has 0 heterocycles. The summed E-state index contributed by atoms with van der Waals surface area (Å²) in [5.74, 6) is 0.900. The van der Waals surface area contributed by atoms with Crippen molar-refractivity contribution in [2.45, 2.75) is 0 Å². The van der Waals surface area contributed by atoms with Crippen LogP contribution < -0.4 is 9.64 Å². The van der Waals surface area contributed by atoms with Gasteiger partial charge in [-0.05, 0) is 45.8 Å². The Kier molecular flexibility index (Phi) is 2.79. The number of hydrogen-bond donors (Lipinski definition) is 0. The minimum atomic E-state index is 0.900. The minimum Gasteiger partial charge on any atom is -0.497 e. The first-order valence-electron chi connectivity index (χ1n) is 6.37. The van der Waals surface area contributed by atoms with E-state index in [4.69, 9.17) is 4.74 Å². The van der Waals surface area contributed by atoms with Crippen molar-refractivity contribution in [2.24, 2.45) is 0 Å². The highest BCUT2D eigenvalue weighted by Gasteiger charge is 2.03. The topological polar surface area (TPSA) is 12.5 Å². The Morgan fingerprint density at radius 2 is 1.42 bits per heavy atom. The zero-order valence-corrected chi connectivity index (χ0v) is 11.5. The molecule has 0 radical (unpaired) electrons. The summed E-state index contributed by atoms with van der Waals surface area (Å²) in [5, 5.41) is 5.03. The fourth-order valence-electron chi connectivity index (χ4n) is 2.44. The summed E-state index contributed by atoms with van der Waals surface area (Å²) < 4.78 is 5.28. The van der Waals surface area contributed by atoms with Crippen LogP contribution in [0.15, 0.2) is 48.5 Å². The van der Waals surface area contributed by atoms with Gasteiger partial charge in [0.2, 0.25) is 0 Å². The van der Waals surface area contributed by atoms with Crippen molar-refractivity contribution in [1.82, 2.24) is 0 Å². The first kappa shape index (κ1) is 11.8. The van der Waals surface area contributed by atoms with Gasteiger partial charge in [-0.15, -0.1) is 0 Å². The summed E-state index contributed by atoms with van der Waals surface area (Å²) >= 11 is 0. The maximum Gasteiger partial charge on any atom is 0.119 e. The first-order valence-corrected chi connectivity index (χ1v) is 6.37. The van der Waals surface area contributed by atoms with E-state index in [1.165, 1.54) is 27.2 Å². The molecule has 2 heteroatoms. The molecule has 3 aromatic carbocycles. The molecule has 96 valence electrons. The van der Waals surface area contributed by atoms with E-state index in [1.54, 1.807) is 7.11 Å². The van der Waals surface area contributed by atoms with Gasteiger partial charge in [0.15, 0.2) is 0 Å². The summed E-state index contributed by atoms with van der Waals surface area (Å²) in [6.07, 6.45) is 0. The van der Waals surface area contributed by atoms with Crippen LogP contribution in [0.3, 0.4) is 0 Å². The van der Waals surface area contributed by atoms with Crippen LogP contribution in [-0.2, 0) is 0 Å². The Morgan fingerprint density at radius 3 is 2.05 bits per heavy atom. The average molecular weight is 251 g/mol. The quantitative estimate of drug-likeness (QED) is 0.637. The summed E-state index contributed by atoms with van der Waals surface area (Å²) in [6.45, 7) is 0. The number of benzene rings is 3. The van der Waals surface area contributed by atoms with Crippen molar-refractivity contribution in [2.75, 3.05) is 26.1 Å². The molecule has 2 nitrogen and oxygen atoms in total. The van der Waals surface area contributed by atoms with Crippen LogP contribution in [0.25, 0.3) is 21.5 Å². The largest absolute Gasteiger partial charge is 0.497 e. The van der Waals surface area contributed by atoms with E-state index in [0.717, 1.165) is 5.75 Å². The van der Waals surface area contributed by atoms with Gasteiger partial charge < -0.3 is 9.64 Å². The standard InChI is InChI=1S/C17H17NO/c1-18(2)14-6-8-16-12(10-14)4-5-13-11-15(19-3)7-9-17(13)16/h4-11H,1-3H3. The molecule has 0 N–H and O–H groups in total. The van der Waals surface area contributed by atoms with Gasteiger partial charge in [0, 0.05) is 19.8 Å². The highest BCUT2D eigenvalue weighted by atomic mass is 16.5. The molecule has 19 heavy (non-hydrogen) atoms. The Balaban J connectivity index is 2.28. The number of hydrogen-bond acceptors (Lipinski definition) is 2. The van der Waals surface area contributed by atoms with Crippen LogP contribution in [0.1, 0.15) is 0 Å². The van der Waals surface area contributed by atoms with E-state index in [-0.39, 0.29) is 0 Å². The molecule has 0 atom stereocenters. The van der Waals surface area contributed by atoms with Crippen LogP contribution in [-0.4, -0.2) is 21.2 Å². The molecule has 0 aromatic heterocycles. The Labute approximate surface area is 113 Å². The van der Waals surface area contributed by atoms with E-state index in [2.05, 4.69) is 61.5 Å². The Hall–Kier alpha value is -2.22. The van der Waals surface area contributed by atoms with Crippen LogP contribution in [0, 0.1) is 0 Å². The highest BCUT2D eigenvalue weighted by molar-refractivity contribution is 6.08. The Morgan fingerprint density at radius 1 is 0.789 bits per heavy atom. The van der Waals surface area contributed by atoms with Crippen molar-refractivity contribution < 1.29 is 4.74 Å². The lowest BCUT2D eigenvalue weighted by molar-refractivity contribution is 0.415. The normalized spacial score (nSPS) is 10.9. The maximum absolute atomic E-state index is 5.28. The van der Waals surface area contributed by atoms with Crippen molar-refractivity contribution in [3.63, 3.8) is 0 Å². The summed E-state index contributed by atoms with van der Waals surface area (Å²) in [7, 11) is 5.83. The number of ether oxygens (including phenoxy) is 1. The smallest absolute Gasteiger partial charge is 0.119 e. The molecule has 3 aromatic rings. The third-order valence-corrected chi connectivity index (χ3v) is 3.54. The zero-order valence-electron chi connectivity index (χ0n) is 11.5. The second-order valence-electron chi connectivity index (χ2n) is 4.95. The molecule has 0 amide bonds. The van der Waals surface area contributed by atoms with Gasteiger partial charge in [0.1, 0.15) is 5.75 Å². The number of anilines is 1. The van der Waals surface area contributed by atoms with Crippen LogP contribution in [0.4, 0.5) is 5.69 Å². The summed E-state index contributed by atoms with van der Waals surface area (Å²) in [4.78, 5) is 2.12. The molecule has 0 aliphatic rings. The second kappa shape index (κ2) is 4.47. The van der Waals surface area contributed by atoms with E-state index in [0.29, 0.717) is 0 Å². The summed E-state index contributed by atoms with van der Waals surface area (Å²) in [6, 6.07) is 17.1. The fourth-order valence-corrected chi connectivity index (χ4v) is 2.44. The van der Waals surface area contributed by atoms with Crippen molar-refractivity contribution in [1.29, 1.82) is 0 Å². The maximum atomic E-state index is 5.28. The van der Waals surface area contributed by atoms with Gasteiger partial charge in [-0.3, -0.25) is 0 Å². The number of methoxy groups -OCH3 is 1. The van der Waals surface area contributed by atoms with Crippen LogP contribution >= 0.6 is 0 Å². The van der Waals surface area contributed by atoms with Gasteiger partial charge in [-0.25, -0.2) is 0 Å². The third kappa shape index (κ3) is 1.99. The lowest BCUT2D eigenvalue weighted by Gasteiger charge is -2.14. The van der Waals surface area contributed by atoms with Gasteiger partial charge in [-0.1, -0.05) is 24.3 Å². The average Bonchev–Trinajstić information content (AvgIpc) is 2.45. The number of fused-ring (bicyclic) bond motifs is 3. The SMILES string of the molecule is COc1ccc2c(ccc3cc(N(C)C)ccc32)c1. The minimum absolute atomic E-state index is 0.900. The van der Waals surface area contributed by atoms with Crippen molar-refractivity contribution >= 4 is 27.2 Å². The predicted octanol–water partition coefficient (Wildman–Crippen LogP) is 4.07. The molecular weight excluding hydrogens is 234 g/mol. The number of nitrogens with zero attached hydrogens (tertiary/aromatic N) is 1. The van der Waals surface area contributed by atoms with Gasteiger partial charge >= 0.3 is 0 Å². The van der Waals surface area contributed by atoms with Crippen molar-refractivity contribution in [3.05, 3.63) is 48.5 Å². The lowest BCUT2D eigenvalue weighted by Crippen LogP contribution is -2.07. The Bertz CT molecular complexity index is 747.